The molecule has 1 heterocycles. The summed E-state index contributed by atoms with van der Waals surface area (Å²) in [6.07, 6.45) is 4.82. The van der Waals surface area contributed by atoms with E-state index in [4.69, 9.17) is 11.2 Å². The second kappa shape index (κ2) is 3.79. The van der Waals surface area contributed by atoms with Gasteiger partial charge in [0.2, 0.25) is 0 Å². The van der Waals surface area contributed by atoms with E-state index in [2.05, 4.69) is 17.5 Å². The van der Waals surface area contributed by atoms with E-state index < -0.39 is 0 Å². The number of hydrogen-bond donors (Lipinski definition) is 0. The summed E-state index contributed by atoms with van der Waals surface area (Å²) in [5.41, 5.74) is 0. The molecule has 60 valence electrons. The van der Waals surface area contributed by atoms with E-state index in [1.807, 2.05) is 0 Å². The van der Waals surface area contributed by atoms with Gasteiger partial charge in [0.05, 0.1) is 0 Å². The Balaban J connectivity index is 2.35. The average Bonchev–Trinajstić information content (AvgIpc) is 2.34. The minimum Gasteiger partial charge on any atom is -0.247 e. The van der Waals surface area contributed by atoms with Crippen molar-refractivity contribution >= 4 is 20.8 Å². The van der Waals surface area contributed by atoms with Gasteiger partial charge in [0.15, 0.2) is 0 Å². The quantitative estimate of drug-likeness (QED) is 0.626. The minimum atomic E-state index is 0.103. The lowest BCUT2D eigenvalue weighted by Crippen LogP contribution is -2.21. The highest BCUT2D eigenvalue weighted by atomic mass is 32.8. The summed E-state index contributed by atoms with van der Waals surface area (Å²) in [5.74, 6) is 0.929. The molecule has 1 saturated heterocycles. The van der Waals surface area contributed by atoms with Crippen molar-refractivity contribution in [2.75, 3.05) is 19.3 Å². The van der Waals surface area contributed by atoms with Crippen LogP contribution in [0.25, 0.3) is 0 Å². The standard InChI is InChI=1S/C7H15NS2/c1-3-7-4-5-8(6-7)10(2)9/h7H,3-6H2,1-2H3. The van der Waals surface area contributed by atoms with E-state index in [1.54, 1.807) is 0 Å². The summed E-state index contributed by atoms with van der Waals surface area (Å²) >= 11 is 5.19. The number of hydrogen-bond acceptors (Lipinski definition) is 1. The molecule has 0 amide bonds. The molecule has 1 fully saturated rings. The van der Waals surface area contributed by atoms with Gasteiger partial charge in [-0.2, -0.15) is 0 Å². The molecule has 2 atom stereocenters. The van der Waals surface area contributed by atoms with Crippen molar-refractivity contribution in [1.82, 2.24) is 4.31 Å². The highest BCUT2D eigenvalue weighted by Crippen LogP contribution is 2.19. The fourth-order valence-corrected chi connectivity index (χ4v) is 2.55. The fraction of sp³-hybridized carbons (Fsp3) is 1.00. The molecule has 2 unspecified atom stereocenters. The third-order valence-corrected chi connectivity index (χ3v) is 3.88. The van der Waals surface area contributed by atoms with E-state index >= 15 is 0 Å². The van der Waals surface area contributed by atoms with Gasteiger partial charge in [-0.1, -0.05) is 23.0 Å². The van der Waals surface area contributed by atoms with Crippen molar-refractivity contribution in [1.29, 1.82) is 0 Å². The molecule has 0 aromatic rings. The molecule has 1 aliphatic rings. The van der Waals surface area contributed by atoms with E-state index in [0.717, 1.165) is 5.92 Å². The topological polar surface area (TPSA) is 3.24 Å². The van der Waals surface area contributed by atoms with Gasteiger partial charge in [0.1, 0.15) is 0 Å². The first kappa shape index (κ1) is 8.62. The van der Waals surface area contributed by atoms with Crippen LogP contribution in [0.4, 0.5) is 0 Å². The Hall–Kier alpha value is 0.530. The molecule has 0 aliphatic carbocycles. The molecular formula is C7H15NS2. The molecule has 0 aromatic carbocycles. The molecular weight excluding hydrogens is 162 g/mol. The first-order valence-corrected chi connectivity index (χ1v) is 6.34. The summed E-state index contributed by atoms with van der Waals surface area (Å²) in [6, 6.07) is 0. The average molecular weight is 177 g/mol. The van der Waals surface area contributed by atoms with Gasteiger partial charge in [0, 0.05) is 19.3 Å². The third-order valence-electron chi connectivity index (χ3n) is 2.19. The van der Waals surface area contributed by atoms with Crippen molar-refractivity contribution in [3.8, 4) is 0 Å². The van der Waals surface area contributed by atoms with Crippen molar-refractivity contribution in [2.24, 2.45) is 5.92 Å². The highest BCUT2D eigenvalue weighted by Gasteiger charge is 2.20. The molecule has 10 heavy (non-hydrogen) atoms. The summed E-state index contributed by atoms with van der Waals surface area (Å²) in [7, 11) is 0.103. The maximum absolute atomic E-state index is 5.19. The van der Waals surface area contributed by atoms with Crippen LogP contribution in [-0.4, -0.2) is 23.7 Å². The zero-order valence-electron chi connectivity index (χ0n) is 6.67. The lowest BCUT2D eigenvalue weighted by molar-refractivity contribution is 0.510. The molecule has 0 spiro atoms. The summed E-state index contributed by atoms with van der Waals surface area (Å²) < 4.78 is 2.42. The zero-order valence-corrected chi connectivity index (χ0v) is 8.30. The molecule has 1 aliphatic heterocycles. The molecule has 0 aromatic heterocycles. The Morgan fingerprint density at radius 3 is 2.70 bits per heavy atom. The number of rotatable bonds is 2. The lowest BCUT2D eigenvalue weighted by Gasteiger charge is -2.13. The summed E-state index contributed by atoms with van der Waals surface area (Å²) in [5, 5.41) is 0. The summed E-state index contributed by atoms with van der Waals surface area (Å²) in [4.78, 5) is 0. The maximum atomic E-state index is 5.19. The van der Waals surface area contributed by atoms with E-state index in [-0.39, 0.29) is 9.64 Å². The monoisotopic (exact) mass is 177 g/mol. The van der Waals surface area contributed by atoms with Crippen LogP contribution in [0, 0.1) is 5.92 Å². The molecule has 1 rings (SSSR count). The second-order valence-corrected chi connectivity index (χ2v) is 5.69. The van der Waals surface area contributed by atoms with Crippen LogP contribution in [0.2, 0.25) is 0 Å². The van der Waals surface area contributed by atoms with E-state index in [9.17, 15) is 0 Å². The van der Waals surface area contributed by atoms with E-state index in [1.165, 1.54) is 25.9 Å². The van der Waals surface area contributed by atoms with Gasteiger partial charge >= 0.3 is 0 Å². The van der Waals surface area contributed by atoms with Gasteiger partial charge < -0.3 is 0 Å². The van der Waals surface area contributed by atoms with Crippen LogP contribution < -0.4 is 0 Å². The predicted octanol–water partition coefficient (Wildman–Crippen LogP) is 1.34. The third kappa shape index (κ3) is 2.01. The fourth-order valence-electron chi connectivity index (χ4n) is 1.36. The van der Waals surface area contributed by atoms with Gasteiger partial charge in [-0.25, -0.2) is 4.31 Å². The molecule has 0 bridgehead atoms. The summed E-state index contributed by atoms with van der Waals surface area (Å²) in [6.45, 7) is 4.76. The normalized spacial score (nSPS) is 30.8. The lowest BCUT2D eigenvalue weighted by atomic mass is 10.1. The van der Waals surface area contributed by atoms with Crippen LogP contribution in [0.3, 0.4) is 0 Å². The maximum Gasteiger partial charge on any atom is 0.0120 e. The van der Waals surface area contributed by atoms with Crippen molar-refractivity contribution in [3.63, 3.8) is 0 Å². The molecule has 0 radical (unpaired) electrons. The smallest absolute Gasteiger partial charge is 0.0120 e. The zero-order chi connectivity index (χ0) is 7.56. The van der Waals surface area contributed by atoms with Crippen LogP contribution in [-0.2, 0) is 20.8 Å². The largest absolute Gasteiger partial charge is 0.247 e. The van der Waals surface area contributed by atoms with Gasteiger partial charge in [-0.15, -0.1) is 0 Å². The van der Waals surface area contributed by atoms with E-state index in [0.29, 0.717) is 0 Å². The second-order valence-electron chi connectivity index (χ2n) is 2.87. The van der Waals surface area contributed by atoms with Crippen molar-refractivity contribution < 1.29 is 0 Å². The Bertz CT molecular complexity index is 136. The van der Waals surface area contributed by atoms with Crippen LogP contribution in [0.5, 0.6) is 0 Å². The molecule has 0 saturated carbocycles. The Morgan fingerprint density at radius 2 is 2.40 bits per heavy atom. The van der Waals surface area contributed by atoms with Crippen molar-refractivity contribution in [2.45, 2.75) is 19.8 Å². The van der Waals surface area contributed by atoms with Gasteiger partial charge in [-0.05, 0) is 23.5 Å². The SMILES string of the molecule is CCC1CCN(S(C)=S)C1. The Kier molecular flexibility index (Phi) is 3.27. The molecule has 0 N–H and O–H groups in total. The Labute approximate surface area is 70.5 Å². The highest BCUT2D eigenvalue weighted by molar-refractivity contribution is 8.27. The number of nitrogens with zero attached hydrogens (tertiary/aromatic N) is 1. The van der Waals surface area contributed by atoms with Gasteiger partial charge in [-0.3, -0.25) is 0 Å². The predicted molar refractivity (Wildman–Crippen MR) is 50.6 cm³/mol. The first-order valence-electron chi connectivity index (χ1n) is 3.82. The Morgan fingerprint density at radius 1 is 1.70 bits per heavy atom. The first-order chi connectivity index (χ1) is 4.74. The van der Waals surface area contributed by atoms with Crippen LogP contribution in [0.15, 0.2) is 0 Å². The van der Waals surface area contributed by atoms with Gasteiger partial charge in [0.25, 0.3) is 0 Å². The van der Waals surface area contributed by atoms with Crippen LogP contribution in [0.1, 0.15) is 19.8 Å². The van der Waals surface area contributed by atoms with Crippen LogP contribution >= 0.6 is 0 Å². The minimum absolute atomic E-state index is 0.103. The van der Waals surface area contributed by atoms with Crippen molar-refractivity contribution in [3.05, 3.63) is 0 Å². The molecule has 1 nitrogen and oxygen atoms in total. The molecule has 3 heteroatoms.